The highest BCUT2D eigenvalue weighted by Crippen LogP contribution is 2.44. The highest BCUT2D eigenvalue weighted by atomic mass is 32.1. The molecule has 1 aliphatic carbocycles. The van der Waals surface area contributed by atoms with Crippen LogP contribution in [0.15, 0.2) is 78.9 Å². The van der Waals surface area contributed by atoms with Gasteiger partial charge in [0.15, 0.2) is 0 Å². The summed E-state index contributed by atoms with van der Waals surface area (Å²) in [4.78, 5) is 15.0. The number of benzene rings is 3. The SMILES string of the molecule is CCC(N)C(=S)N(Cc1ccccc1)C(=O)OCC1c2ccccc2-c2ccccc21. The van der Waals surface area contributed by atoms with Crippen molar-refractivity contribution in [3.05, 3.63) is 95.6 Å². The largest absolute Gasteiger partial charge is 0.448 e. The van der Waals surface area contributed by atoms with E-state index in [1.165, 1.54) is 27.2 Å². The average molecular weight is 431 g/mol. The van der Waals surface area contributed by atoms with Gasteiger partial charge in [0.25, 0.3) is 0 Å². The van der Waals surface area contributed by atoms with Gasteiger partial charge in [-0.25, -0.2) is 4.79 Å². The molecule has 1 amide bonds. The predicted molar refractivity (Wildman–Crippen MR) is 128 cm³/mol. The number of carbonyl (C=O) groups is 1. The van der Waals surface area contributed by atoms with E-state index in [1.807, 2.05) is 61.5 Å². The van der Waals surface area contributed by atoms with Crippen LogP contribution in [0.1, 0.15) is 36.0 Å². The summed E-state index contributed by atoms with van der Waals surface area (Å²) in [6.45, 7) is 2.54. The molecule has 0 bridgehead atoms. The normalized spacial score (nSPS) is 13.2. The van der Waals surface area contributed by atoms with Crippen molar-refractivity contribution >= 4 is 23.3 Å². The molecule has 0 spiro atoms. The van der Waals surface area contributed by atoms with Crippen molar-refractivity contribution in [2.75, 3.05) is 6.61 Å². The van der Waals surface area contributed by atoms with Gasteiger partial charge >= 0.3 is 6.09 Å². The van der Waals surface area contributed by atoms with Crippen molar-refractivity contribution in [3.8, 4) is 11.1 Å². The van der Waals surface area contributed by atoms with Gasteiger partial charge in [0, 0.05) is 5.92 Å². The Balaban J connectivity index is 1.54. The van der Waals surface area contributed by atoms with Crippen molar-refractivity contribution in [1.29, 1.82) is 0 Å². The van der Waals surface area contributed by atoms with E-state index in [-0.39, 0.29) is 18.6 Å². The van der Waals surface area contributed by atoms with Gasteiger partial charge in [-0.3, -0.25) is 4.90 Å². The third kappa shape index (κ3) is 4.38. The van der Waals surface area contributed by atoms with Crippen LogP contribution in [0.25, 0.3) is 11.1 Å². The summed E-state index contributed by atoms with van der Waals surface area (Å²) in [6, 6.07) is 25.9. The molecular weight excluding hydrogens is 404 g/mol. The summed E-state index contributed by atoms with van der Waals surface area (Å²) in [6.07, 6.45) is 0.195. The van der Waals surface area contributed by atoms with Crippen LogP contribution in [0, 0.1) is 0 Å². The minimum atomic E-state index is -0.459. The predicted octanol–water partition coefficient (Wildman–Crippen LogP) is 5.50. The lowest BCUT2D eigenvalue weighted by Gasteiger charge is -2.26. The standard InChI is InChI=1S/C26H26N2O2S/c1-2-24(27)25(31)28(16-18-10-4-3-5-11-18)26(29)30-17-23-21-14-8-6-12-19(21)20-13-7-9-15-22(20)23/h3-15,23-24H,2,16-17,27H2,1H3. The Kier molecular flexibility index (Phi) is 6.44. The molecule has 0 fully saturated rings. The van der Waals surface area contributed by atoms with Crippen molar-refractivity contribution in [2.24, 2.45) is 5.73 Å². The molecular formula is C26H26N2O2S. The summed E-state index contributed by atoms with van der Waals surface area (Å²) < 4.78 is 5.83. The quantitative estimate of drug-likeness (QED) is 0.525. The van der Waals surface area contributed by atoms with E-state index in [4.69, 9.17) is 22.7 Å². The fourth-order valence-electron chi connectivity index (χ4n) is 4.05. The molecule has 0 heterocycles. The molecule has 5 heteroatoms. The average Bonchev–Trinajstić information content (AvgIpc) is 3.14. The number of amides is 1. The molecule has 0 saturated heterocycles. The third-order valence-electron chi connectivity index (χ3n) is 5.76. The first kappa shape index (κ1) is 21.2. The molecule has 0 aliphatic heterocycles. The van der Waals surface area contributed by atoms with E-state index in [0.717, 1.165) is 5.56 Å². The minimum absolute atomic E-state index is 0.00310. The lowest BCUT2D eigenvalue weighted by molar-refractivity contribution is 0.118. The maximum Gasteiger partial charge on any atom is 0.415 e. The van der Waals surface area contributed by atoms with Gasteiger partial charge in [0.05, 0.1) is 12.6 Å². The van der Waals surface area contributed by atoms with Crippen molar-refractivity contribution in [1.82, 2.24) is 4.90 Å². The second kappa shape index (κ2) is 9.41. The Morgan fingerprint density at radius 3 is 2.10 bits per heavy atom. The monoisotopic (exact) mass is 430 g/mol. The van der Waals surface area contributed by atoms with Crippen molar-refractivity contribution in [2.45, 2.75) is 31.8 Å². The van der Waals surface area contributed by atoms with Crippen molar-refractivity contribution < 1.29 is 9.53 Å². The van der Waals surface area contributed by atoms with E-state index >= 15 is 0 Å². The van der Waals surface area contributed by atoms with Crippen LogP contribution in [0.4, 0.5) is 4.79 Å². The fraction of sp³-hybridized carbons (Fsp3) is 0.231. The van der Waals surface area contributed by atoms with Crippen LogP contribution in [-0.4, -0.2) is 28.6 Å². The second-order valence-electron chi connectivity index (χ2n) is 7.73. The zero-order valence-electron chi connectivity index (χ0n) is 17.5. The molecule has 3 aromatic carbocycles. The Bertz CT molecular complexity index is 1040. The first-order valence-corrected chi connectivity index (χ1v) is 11.0. The van der Waals surface area contributed by atoms with Gasteiger partial charge in [0.2, 0.25) is 0 Å². The van der Waals surface area contributed by atoms with Crippen LogP contribution < -0.4 is 5.73 Å². The van der Waals surface area contributed by atoms with Gasteiger partial charge in [-0.1, -0.05) is 98.0 Å². The summed E-state index contributed by atoms with van der Waals surface area (Å²) in [7, 11) is 0. The molecule has 158 valence electrons. The molecule has 1 unspecified atom stereocenters. The maximum atomic E-state index is 13.2. The van der Waals surface area contributed by atoms with Gasteiger partial charge in [-0.15, -0.1) is 0 Å². The zero-order valence-corrected chi connectivity index (χ0v) is 18.3. The van der Waals surface area contributed by atoms with E-state index < -0.39 is 6.09 Å². The molecule has 0 radical (unpaired) electrons. The number of thiocarbonyl (C=S) groups is 1. The van der Waals surface area contributed by atoms with Crippen molar-refractivity contribution in [3.63, 3.8) is 0 Å². The fourth-order valence-corrected chi connectivity index (χ4v) is 4.35. The molecule has 31 heavy (non-hydrogen) atoms. The van der Waals surface area contributed by atoms with Gasteiger partial charge in [0.1, 0.15) is 11.6 Å². The lowest BCUT2D eigenvalue weighted by Crippen LogP contribution is -2.45. The van der Waals surface area contributed by atoms with Crippen LogP contribution >= 0.6 is 12.2 Å². The number of hydrogen-bond acceptors (Lipinski definition) is 4. The Labute approximate surface area is 188 Å². The second-order valence-corrected chi connectivity index (χ2v) is 8.15. The van der Waals surface area contributed by atoms with Crippen LogP contribution in [0.5, 0.6) is 0 Å². The maximum absolute atomic E-state index is 13.2. The first-order valence-electron chi connectivity index (χ1n) is 10.6. The van der Waals surface area contributed by atoms with E-state index in [0.29, 0.717) is 18.0 Å². The van der Waals surface area contributed by atoms with Crippen LogP contribution in [-0.2, 0) is 11.3 Å². The van der Waals surface area contributed by atoms with Crippen LogP contribution in [0.2, 0.25) is 0 Å². The van der Waals surface area contributed by atoms with E-state index in [1.54, 1.807) is 0 Å². The minimum Gasteiger partial charge on any atom is -0.448 e. The zero-order chi connectivity index (χ0) is 21.8. The molecule has 0 saturated carbocycles. The van der Waals surface area contributed by atoms with E-state index in [9.17, 15) is 4.79 Å². The highest BCUT2D eigenvalue weighted by molar-refractivity contribution is 7.80. The van der Waals surface area contributed by atoms with Gasteiger partial charge < -0.3 is 10.5 Å². The molecule has 4 rings (SSSR count). The summed E-state index contributed by atoms with van der Waals surface area (Å²) in [5.41, 5.74) is 11.9. The Morgan fingerprint density at radius 2 is 1.52 bits per heavy atom. The number of ether oxygens (including phenoxy) is 1. The number of nitrogens with zero attached hydrogens (tertiary/aromatic N) is 1. The molecule has 4 nitrogen and oxygen atoms in total. The molecule has 0 aromatic heterocycles. The summed E-state index contributed by atoms with van der Waals surface area (Å²) >= 11 is 5.55. The van der Waals surface area contributed by atoms with Crippen LogP contribution in [0.3, 0.4) is 0 Å². The summed E-state index contributed by atoms with van der Waals surface area (Å²) in [5, 5.41) is 0. The number of nitrogens with two attached hydrogens (primary N) is 1. The Hall–Kier alpha value is -3.02. The smallest absolute Gasteiger partial charge is 0.415 e. The topological polar surface area (TPSA) is 55.6 Å². The number of carbonyl (C=O) groups excluding carboxylic acids is 1. The number of fused-ring (bicyclic) bond motifs is 3. The van der Waals surface area contributed by atoms with E-state index in [2.05, 4.69) is 24.3 Å². The molecule has 3 aromatic rings. The first-order chi connectivity index (χ1) is 15.1. The number of rotatable bonds is 6. The number of hydrogen-bond donors (Lipinski definition) is 1. The van der Waals surface area contributed by atoms with Gasteiger partial charge in [-0.05, 0) is 34.2 Å². The highest BCUT2D eigenvalue weighted by Gasteiger charge is 2.30. The Morgan fingerprint density at radius 1 is 0.968 bits per heavy atom. The molecule has 1 atom stereocenters. The lowest BCUT2D eigenvalue weighted by atomic mass is 9.98. The third-order valence-corrected chi connectivity index (χ3v) is 6.29. The molecule has 1 aliphatic rings. The molecule has 2 N–H and O–H groups in total. The van der Waals surface area contributed by atoms with Gasteiger partial charge in [-0.2, -0.15) is 0 Å². The summed E-state index contributed by atoms with van der Waals surface area (Å²) in [5.74, 6) is 0.00310.